The zero-order valence-electron chi connectivity index (χ0n) is 12.0. The fourth-order valence-electron chi connectivity index (χ4n) is 3.23. The van der Waals surface area contributed by atoms with Gasteiger partial charge in [0.25, 0.3) is 0 Å². The molecule has 3 nitrogen and oxygen atoms in total. The largest absolute Gasteiger partial charge is 0.425 e. The van der Waals surface area contributed by atoms with Crippen molar-refractivity contribution in [1.29, 1.82) is 0 Å². The van der Waals surface area contributed by atoms with E-state index in [1.165, 1.54) is 0 Å². The molecule has 0 unspecified atom stereocenters. The third-order valence-electron chi connectivity index (χ3n) is 4.25. The minimum Gasteiger partial charge on any atom is -0.425 e. The molecule has 2 aliphatic heterocycles. The van der Waals surface area contributed by atoms with E-state index in [2.05, 4.69) is 13.8 Å². The van der Waals surface area contributed by atoms with Crippen molar-refractivity contribution in [2.45, 2.75) is 38.9 Å². The third-order valence-corrected chi connectivity index (χ3v) is 4.25. The van der Waals surface area contributed by atoms with Crippen molar-refractivity contribution in [3.63, 3.8) is 0 Å². The first kappa shape index (κ1) is 13.4. The van der Waals surface area contributed by atoms with Crippen molar-refractivity contribution in [3.05, 3.63) is 41.5 Å². The van der Waals surface area contributed by atoms with Crippen molar-refractivity contribution < 1.29 is 14.3 Å². The van der Waals surface area contributed by atoms with E-state index in [1.54, 1.807) is 0 Å². The normalized spacial score (nSPS) is 29.3. The van der Waals surface area contributed by atoms with E-state index in [0.29, 0.717) is 12.2 Å². The van der Waals surface area contributed by atoms with E-state index in [0.717, 1.165) is 30.4 Å². The summed E-state index contributed by atoms with van der Waals surface area (Å²) in [4.78, 5) is 12.4. The lowest BCUT2D eigenvalue weighted by Gasteiger charge is -2.29. The van der Waals surface area contributed by atoms with Gasteiger partial charge in [-0.2, -0.15) is 0 Å². The molecule has 1 saturated heterocycles. The first-order chi connectivity index (χ1) is 9.69. The third kappa shape index (κ3) is 1.88. The highest BCUT2D eigenvalue weighted by atomic mass is 16.7. The number of hydrogen-bond donors (Lipinski definition) is 0. The average molecular weight is 272 g/mol. The standard InChI is InChI=1S/C17H20O3/c1-3-7-14-15(13-8-5-4-6-9-13)16(18)20-17(14)12(2)10-11-19-17/h4-6,8-9,12H,3,7,10-11H2,1-2H3/t12-,17-/m0/s1. The highest BCUT2D eigenvalue weighted by Gasteiger charge is 2.54. The second-order valence-electron chi connectivity index (χ2n) is 5.56. The molecule has 0 saturated carbocycles. The van der Waals surface area contributed by atoms with Crippen LogP contribution in [-0.2, 0) is 14.3 Å². The molecule has 0 aromatic heterocycles. The van der Waals surface area contributed by atoms with Crippen molar-refractivity contribution in [2.75, 3.05) is 6.61 Å². The Labute approximate surface area is 119 Å². The number of benzene rings is 1. The van der Waals surface area contributed by atoms with Crippen LogP contribution in [-0.4, -0.2) is 18.4 Å². The summed E-state index contributed by atoms with van der Waals surface area (Å²) in [6, 6.07) is 9.77. The van der Waals surface area contributed by atoms with E-state index in [4.69, 9.17) is 9.47 Å². The van der Waals surface area contributed by atoms with Gasteiger partial charge < -0.3 is 9.47 Å². The van der Waals surface area contributed by atoms with Gasteiger partial charge >= 0.3 is 5.97 Å². The van der Waals surface area contributed by atoms with Crippen LogP contribution in [0.25, 0.3) is 5.57 Å². The van der Waals surface area contributed by atoms with Crippen LogP contribution in [0.15, 0.2) is 35.9 Å². The lowest BCUT2D eigenvalue weighted by molar-refractivity contribution is -0.195. The molecule has 1 aromatic rings. The average Bonchev–Trinajstić information content (AvgIpc) is 2.94. The summed E-state index contributed by atoms with van der Waals surface area (Å²) >= 11 is 0. The van der Waals surface area contributed by atoms with E-state index >= 15 is 0 Å². The maximum Gasteiger partial charge on any atom is 0.341 e. The summed E-state index contributed by atoms with van der Waals surface area (Å²) in [5.41, 5.74) is 2.67. The van der Waals surface area contributed by atoms with Crippen LogP contribution in [0.1, 0.15) is 38.7 Å². The molecule has 106 valence electrons. The first-order valence-electron chi connectivity index (χ1n) is 7.35. The summed E-state index contributed by atoms with van der Waals surface area (Å²) in [5, 5.41) is 0. The van der Waals surface area contributed by atoms with Crippen LogP contribution >= 0.6 is 0 Å². The molecule has 3 heteroatoms. The molecule has 2 atom stereocenters. The van der Waals surface area contributed by atoms with Gasteiger partial charge in [0.2, 0.25) is 5.79 Å². The SMILES string of the molecule is CCCC1=C(c2ccccc2)C(=O)O[C@]12OCC[C@@H]2C. The summed E-state index contributed by atoms with van der Waals surface area (Å²) < 4.78 is 11.6. The maximum absolute atomic E-state index is 12.4. The molecule has 0 amide bonds. The van der Waals surface area contributed by atoms with Gasteiger partial charge in [-0.15, -0.1) is 0 Å². The highest BCUT2D eigenvalue weighted by molar-refractivity contribution is 6.20. The summed E-state index contributed by atoms with van der Waals surface area (Å²) in [7, 11) is 0. The Balaban J connectivity index is 2.14. The molecule has 1 fully saturated rings. The second-order valence-corrected chi connectivity index (χ2v) is 5.56. The zero-order chi connectivity index (χ0) is 14.2. The molecule has 0 radical (unpaired) electrons. The first-order valence-corrected chi connectivity index (χ1v) is 7.35. The van der Waals surface area contributed by atoms with E-state index < -0.39 is 5.79 Å². The topological polar surface area (TPSA) is 35.5 Å². The Bertz CT molecular complexity index is 547. The number of carbonyl (C=O) groups excluding carboxylic acids is 1. The molecule has 0 aliphatic carbocycles. The van der Waals surface area contributed by atoms with E-state index in [1.807, 2.05) is 30.3 Å². The van der Waals surface area contributed by atoms with E-state index in [9.17, 15) is 4.79 Å². The Morgan fingerprint density at radius 2 is 2.05 bits per heavy atom. The van der Waals surface area contributed by atoms with Crippen LogP contribution in [0.3, 0.4) is 0 Å². The predicted molar refractivity (Wildman–Crippen MR) is 76.8 cm³/mol. The molecular weight excluding hydrogens is 252 g/mol. The van der Waals surface area contributed by atoms with Crippen LogP contribution in [0.4, 0.5) is 0 Å². The minimum atomic E-state index is -0.807. The fraction of sp³-hybridized carbons (Fsp3) is 0.471. The van der Waals surface area contributed by atoms with Gasteiger partial charge in [0.1, 0.15) is 0 Å². The van der Waals surface area contributed by atoms with Gasteiger partial charge in [0.15, 0.2) is 0 Å². The lowest BCUT2D eigenvalue weighted by atomic mass is 9.87. The molecule has 1 spiro atoms. The molecule has 0 N–H and O–H groups in total. The van der Waals surface area contributed by atoms with E-state index in [-0.39, 0.29) is 11.9 Å². The van der Waals surface area contributed by atoms with Gasteiger partial charge in [-0.3, -0.25) is 0 Å². The van der Waals surface area contributed by atoms with Gasteiger partial charge in [-0.25, -0.2) is 4.79 Å². The molecule has 0 bridgehead atoms. The summed E-state index contributed by atoms with van der Waals surface area (Å²) in [6.07, 6.45) is 2.74. The quantitative estimate of drug-likeness (QED) is 0.789. The fourth-order valence-corrected chi connectivity index (χ4v) is 3.23. The maximum atomic E-state index is 12.4. The van der Waals surface area contributed by atoms with Crippen LogP contribution in [0.2, 0.25) is 0 Å². The highest BCUT2D eigenvalue weighted by Crippen LogP contribution is 2.49. The van der Waals surface area contributed by atoms with Crippen LogP contribution < -0.4 is 0 Å². The van der Waals surface area contributed by atoms with Crippen molar-refractivity contribution in [1.82, 2.24) is 0 Å². The number of rotatable bonds is 3. The molecular formula is C17H20O3. The molecule has 2 heterocycles. The van der Waals surface area contributed by atoms with Crippen LogP contribution in [0.5, 0.6) is 0 Å². The molecule has 20 heavy (non-hydrogen) atoms. The minimum absolute atomic E-state index is 0.217. The predicted octanol–water partition coefficient (Wildman–Crippen LogP) is 3.55. The second kappa shape index (κ2) is 5.06. The molecule has 2 aliphatic rings. The number of ether oxygens (including phenoxy) is 2. The molecule has 1 aromatic carbocycles. The number of esters is 1. The summed E-state index contributed by atoms with van der Waals surface area (Å²) in [5.74, 6) is -0.833. The Morgan fingerprint density at radius 1 is 1.30 bits per heavy atom. The van der Waals surface area contributed by atoms with Gasteiger partial charge in [-0.05, 0) is 18.4 Å². The zero-order valence-corrected chi connectivity index (χ0v) is 12.0. The van der Waals surface area contributed by atoms with Gasteiger partial charge in [0, 0.05) is 11.5 Å². The van der Waals surface area contributed by atoms with Crippen LogP contribution in [0, 0.1) is 5.92 Å². The van der Waals surface area contributed by atoms with Gasteiger partial charge in [-0.1, -0.05) is 50.6 Å². The Morgan fingerprint density at radius 3 is 2.65 bits per heavy atom. The Hall–Kier alpha value is -1.61. The monoisotopic (exact) mass is 272 g/mol. The van der Waals surface area contributed by atoms with Crippen molar-refractivity contribution in [3.8, 4) is 0 Å². The Kier molecular flexibility index (Phi) is 3.38. The summed E-state index contributed by atoms with van der Waals surface area (Å²) in [6.45, 7) is 4.87. The lowest BCUT2D eigenvalue weighted by Crippen LogP contribution is -2.36. The van der Waals surface area contributed by atoms with Crippen molar-refractivity contribution in [2.24, 2.45) is 5.92 Å². The van der Waals surface area contributed by atoms with Gasteiger partial charge in [0.05, 0.1) is 12.2 Å². The number of carbonyl (C=O) groups is 1. The van der Waals surface area contributed by atoms with Crippen molar-refractivity contribution >= 4 is 11.5 Å². The number of hydrogen-bond acceptors (Lipinski definition) is 3. The smallest absolute Gasteiger partial charge is 0.341 e. The molecule has 3 rings (SSSR count).